The number of amides is 1. The van der Waals surface area contributed by atoms with Crippen molar-refractivity contribution in [2.75, 3.05) is 5.32 Å². The first-order chi connectivity index (χ1) is 13.1. The Morgan fingerprint density at radius 2 is 1.74 bits per heavy atom. The van der Waals surface area contributed by atoms with E-state index in [2.05, 4.69) is 10.3 Å². The van der Waals surface area contributed by atoms with Gasteiger partial charge >= 0.3 is 0 Å². The molecule has 0 bridgehead atoms. The lowest BCUT2D eigenvalue weighted by atomic mass is 9.88. The fourth-order valence-corrected chi connectivity index (χ4v) is 3.97. The number of aromatic nitrogens is 1. The summed E-state index contributed by atoms with van der Waals surface area (Å²) in [5, 5.41) is 4.41. The number of carbonyl (C=O) groups excluding carboxylic acids is 2. The molecule has 0 unspecified atom stereocenters. The number of H-pyrrole nitrogens is 1. The normalized spacial score (nSPS) is 15.0. The van der Waals surface area contributed by atoms with E-state index in [0.717, 1.165) is 36.6 Å². The van der Waals surface area contributed by atoms with Crippen molar-refractivity contribution in [1.82, 2.24) is 4.98 Å². The molecule has 1 aliphatic carbocycles. The molecule has 1 fully saturated rings. The van der Waals surface area contributed by atoms with Crippen LogP contribution in [0.4, 0.5) is 5.69 Å². The summed E-state index contributed by atoms with van der Waals surface area (Å²) in [7, 11) is 0. The molecule has 3 aromatic rings. The van der Waals surface area contributed by atoms with E-state index < -0.39 is 0 Å². The number of anilines is 1. The van der Waals surface area contributed by atoms with Crippen LogP contribution in [0.1, 0.15) is 48.2 Å². The summed E-state index contributed by atoms with van der Waals surface area (Å²) in [5.74, 6) is -0.148. The molecule has 0 saturated heterocycles. The van der Waals surface area contributed by atoms with Crippen molar-refractivity contribution in [2.24, 2.45) is 5.92 Å². The molecule has 2 aromatic carbocycles. The minimum atomic E-state index is -0.151. The number of aromatic amines is 1. The molecule has 1 amide bonds. The SMILES string of the molecule is O=C(c1ccccc1)c1[nH]c2cc(Cl)ccc2c1NC(=O)C1CCCCC1. The van der Waals surface area contributed by atoms with E-state index in [0.29, 0.717) is 22.0 Å². The van der Waals surface area contributed by atoms with Crippen molar-refractivity contribution in [1.29, 1.82) is 0 Å². The average molecular weight is 381 g/mol. The first-order valence-corrected chi connectivity index (χ1v) is 9.73. The van der Waals surface area contributed by atoms with Crippen LogP contribution in [-0.4, -0.2) is 16.7 Å². The molecule has 4 rings (SSSR count). The van der Waals surface area contributed by atoms with Gasteiger partial charge in [0.25, 0.3) is 0 Å². The van der Waals surface area contributed by atoms with Crippen LogP contribution >= 0.6 is 11.6 Å². The summed E-state index contributed by atoms with van der Waals surface area (Å²) in [6.07, 6.45) is 5.16. The number of carbonyl (C=O) groups is 2. The van der Waals surface area contributed by atoms with Crippen LogP contribution in [0.25, 0.3) is 10.9 Å². The minimum absolute atomic E-state index is 0.00679. The third kappa shape index (κ3) is 3.62. The maximum Gasteiger partial charge on any atom is 0.227 e. The zero-order chi connectivity index (χ0) is 18.8. The fraction of sp³-hybridized carbons (Fsp3) is 0.273. The van der Waals surface area contributed by atoms with Crippen LogP contribution in [0.3, 0.4) is 0 Å². The third-order valence-electron chi connectivity index (χ3n) is 5.25. The Bertz CT molecular complexity index is 988. The molecule has 1 aliphatic rings. The Hall–Kier alpha value is -2.59. The quantitative estimate of drug-likeness (QED) is 0.581. The van der Waals surface area contributed by atoms with Gasteiger partial charge in [0.05, 0.1) is 5.69 Å². The number of nitrogens with one attached hydrogen (secondary N) is 2. The van der Waals surface area contributed by atoms with Gasteiger partial charge in [-0.05, 0) is 31.0 Å². The summed E-state index contributed by atoms with van der Waals surface area (Å²) < 4.78 is 0. The smallest absolute Gasteiger partial charge is 0.227 e. The summed E-state index contributed by atoms with van der Waals surface area (Å²) in [5.41, 5.74) is 2.25. The lowest BCUT2D eigenvalue weighted by molar-refractivity contribution is -0.120. The second-order valence-electron chi connectivity index (χ2n) is 7.08. The number of fused-ring (bicyclic) bond motifs is 1. The zero-order valence-electron chi connectivity index (χ0n) is 14.9. The molecule has 2 N–H and O–H groups in total. The largest absolute Gasteiger partial charge is 0.350 e. The minimum Gasteiger partial charge on any atom is -0.350 e. The molecule has 4 nitrogen and oxygen atoms in total. The molecule has 5 heteroatoms. The molecular formula is C22H21ClN2O2. The van der Waals surface area contributed by atoms with E-state index in [1.54, 1.807) is 24.3 Å². The molecule has 138 valence electrons. The predicted molar refractivity (Wildman–Crippen MR) is 108 cm³/mol. The topological polar surface area (TPSA) is 62.0 Å². The predicted octanol–water partition coefficient (Wildman–Crippen LogP) is 5.57. The standard InChI is InChI=1S/C22H21ClN2O2/c23-16-11-12-17-18(13-16)24-20(21(26)14-7-3-1-4-8-14)19(17)25-22(27)15-9-5-2-6-10-15/h1,3-4,7-8,11-13,15,24H,2,5-6,9-10H2,(H,25,27). The van der Waals surface area contributed by atoms with E-state index in [1.807, 2.05) is 24.3 Å². The molecule has 1 aromatic heterocycles. The number of hydrogen-bond donors (Lipinski definition) is 2. The van der Waals surface area contributed by atoms with E-state index in [1.165, 1.54) is 6.42 Å². The average Bonchev–Trinajstić information content (AvgIpc) is 3.06. The Morgan fingerprint density at radius 1 is 1.00 bits per heavy atom. The van der Waals surface area contributed by atoms with Crippen molar-refractivity contribution < 1.29 is 9.59 Å². The lowest BCUT2D eigenvalue weighted by Crippen LogP contribution is -2.25. The molecule has 0 radical (unpaired) electrons. The van der Waals surface area contributed by atoms with Gasteiger partial charge in [-0.2, -0.15) is 0 Å². The van der Waals surface area contributed by atoms with Crippen LogP contribution in [-0.2, 0) is 4.79 Å². The van der Waals surface area contributed by atoms with Crippen molar-refractivity contribution in [3.63, 3.8) is 0 Å². The van der Waals surface area contributed by atoms with Crippen molar-refractivity contribution in [3.05, 3.63) is 64.8 Å². The van der Waals surface area contributed by atoms with Gasteiger partial charge < -0.3 is 10.3 Å². The summed E-state index contributed by atoms with van der Waals surface area (Å²) in [4.78, 5) is 29.1. The highest BCUT2D eigenvalue weighted by atomic mass is 35.5. The Kier molecular flexibility index (Phi) is 4.99. The van der Waals surface area contributed by atoms with Gasteiger partial charge in [-0.25, -0.2) is 0 Å². The van der Waals surface area contributed by atoms with E-state index in [4.69, 9.17) is 11.6 Å². The lowest BCUT2D eigenvalue weighted by Gasteiger charge is -2.21. The van der Waals surface area contributed by atoms with E-state index in [-0.39, 0.29) is 17.6 Å². The number of rotatable bonds is 4. The van der Waals surface area contributed by atoms with Crippen LogP contribution in [0, 0.1) is 5.92 Å². The van der Waals surface area contributed by atoms with E-state index in [9.17, 15) is 9.59 Å². The molecule has 0 atom stereocenters. The summed E-state index contributed by atoms with van der Waals surface area (Å²) >= 11 is 6.11. The van der Waals surface area contributed by atoms with Gasteiger partial charge in [0.2, 0.25) is 11.7 Å². The van der Waals surface area contributed by atoms with Crippen LogP contribution in [0.5, 0.6) is 0 Å². The van der Waals surface area contributed by atoms with Crippen LogP contribution < -0.4 is 5.32 Å². The second kappa shape index (κ2) is 7.57. The third-order valence-corrected chi connectivity index (χ3v) is 5.48. The zero-order valence-corrected chi connectivity index (χ0v) is 15.7. The van der Waals surface area contributed by atoms with Crippen LogP contribution in [0.2, 0.25) is 5.02 Å². The highest BCUT2D eigenvalue weighted by Gasteiger charge is 2.25. The second-order valence-corrected chi connectivity index (χ2v) is 7.52. The molecular weight excluding hydrogens is 360 g/mol. The van der Waals surface area contributed by atoms with Crippen molar-refractivity contribution in [2.45, 2.75) is 32.1 Å². The number of ketones is 1. The molecule has 1 saturated carbocycles. The first-order valence-electron chi connectivity index (χ1n) is 9.35. The monoisotopic (exact) mass is 380 g/mol. The molecule has 27 heavy (non-hydrogen) atoms. The molecule has 1 heterocycles. The number of halogens is 1. The highest BCUT2D eigenvalue weighted by molar-refractivity contribution is 6.31. The van der Waals surface area contributed by atoms with Crippen molar-refractivity contribution in [3.8, 4) is 0 Å². The fourth-order valence-electron chi connectivity index (χ4n) is 3.79. The number of benzene rings is 2. The Morgan fingerprint density at radius 3 is 2.48 bits per heavy atom. The Labute approximate surface area is 162 Å². The Balaban J connectivity index is 1.75. The summed E-state index contributed by atoms with van der Waals surface area (Å²) in [6, 6.07) is 14.4. The van der Waals surface area contributed by atoms with Crippen molar-refractivity contribution >= 4 is 39.9 Å². The van der Waals surface area contributed by atoms with Gasteiger partial charge in [-0.3, -0.25) is 9.59 Å². The number of hydrogen-bond acceptors (Lipinski definition) is 2. The summed E-state index contributed by atoms with van der Waals surface area (Å²) in [6.45, 7) is 0. The molecule has 0 spiro atoms. The highest BCUT2D eigenvalue weighted by Crippen LogP contribution is 2.33. The maximum absolute atomic E-state index is 13.1. The molecule has 0 aliphatic heterocycles. The first kappa shape index (κ1) is 17.8. The van der Waals surface area contributed by atoms with E-state index >= 15 is 0 Å². The van der Waals surface area contributed by atoms with Gasteiger partial charge in [0.1, 0.15) is 5.69 Å². The maximum atomic E-state index is 13.1. The van der Waals surface area contributed by atoms with Crippen LogP contribution in [0.15, 0.2) is 48.5 Å². The van der Waals surface area contributed by atoms with Gasteiger partial charge in [-0.1, -0.05) is 61.2 Å². The van der Waals surface area contributed by atoms with Gasteiger partial charge in [-0.15, -0.1) is 0 Å². The van der Waals surface area contributed by atoms with Gasteiger partial charge in [0, 0.05) is 27.4 Å². The van der Waals surface area contributed by atoms with Gasteiger partial charge in [0.15, 0.2) is 0 Å².